The monoisotopic (exact) mass is 203 g/mol. The van der Waals surface area contributed by atoms with E-state index in [-0.39, 0.29) is 13.2 Å². The fourth-order valence-electron chi connectivity index (χ4n) is 0.283. The molecule has 0 saturated heterocycles. The van der Waals surface area contributed by atoms with Crippen LogP contribution in [0.5, 0.6) is 0 Å². The van der Waals surface area contributed by atoms with Crippen LogP contribution in [0, 0.1) is 0 Å². The molecule has 5 N–H and O–H groups in total. The molecule has 0 aromatic rings. The zero-order chi connectivity index (χ0) is 9.11. The van der Waals surface area contributed by atoms with Crippen molar-refractivity contribution >= 4 is 0 Å². The van der Waals surface area contributed by atoms with Crippen LogP contribution in [0.15, 0.2) is 0 Å². The summed E-state index contributed by atoms with van der Waals surface area (Å²) in [6.07, 6.45) is 0. The summed E-state index contributed by atoms with van der Waals surface area (Å²) in [6, 6.07) is 0. The van der Waals surface area contributed by atoms with E-state index in [9.17, 15) is 0 Å². The first-order valence-electron chi connectivity index (χ1n) is 2.99. The van der Waals surface area contributed by atoms with Crippen molar-refractivity contribution in [3.05, 3.63) is 0 Å². The molecule has 0 saturated carbocycles. The Kier molecular flexibility index (Phi) is 16.3. The fourth-order valence-corrected chi connectivity index (χ4v) is 0.283. The molecule has 0 spiro atoms. The van der Waals surface area contributed by atoms with Gasteiger partial charge in [-0.1, -0.05) is 0 Å². The van der Waals surface area contributed by atoms with Crippen molar-refractivity contribution in [3.63, 3.8) is 0 Å². The summed E-state index contributed by atoms with van der Waals surface area (Å²) in [6.45, 7) is 1.42. The Morgan fingerprint density at radius 1 is 1.09 bits per heavy atom. The zero-order valence-corrected chi connectivity index (χ0v) is 7.59. The predicted molar refractivity (Wildman–Crippen MR) is 32.2 cm³/mol. The second kappa shape index (κ2) is 12.9. The van der Waals surface area contributed by atoms with Crippen LogP contribution in [0.2, 0.25) is 0 Å². The third kappa shape index (κ3) is 38.3. The Balaban J connectivity index is 0. The third-order valence-corrected chi connectivity index (χ3v) is 0.577. The predicted octanol–water partition coefficient (Wildman–Crippen LogP) is -2.67. The topological polar surface area (TPSA) is 110 Å². The van der Waals surface area contributed by atoms with Crippen molar-refractivity contribution in [2.45, 2.75) is 0 Å². The van der Waals surface area contributed by atoms with Crippen LogP contribution in [0.3, 0.4) is 0 Å². The molecule has 0 fully saturated rings. The second-order valence-electron chi connectivity index (χ2n) is 1.48. The molecule has 11 heavy (non-hydrogen) atoms. The maximum atomic E-state index is 8.81. The summed E-state index contributed by atoms with van der Waals surface area (Å²) < 4.78 is 23.2. The Morgan fingerprint density at radius 3 is 1.55 bits per heavy atom. The van der Waals surface area contributed by atoms with E-state index in [0.717, 1.165) is 0 Å². The van der Waals surface area contributed by atoms with Crippen molar-refractivity contribution in [2.75, 3.05) is 26.3 Å². The molecule has 0 heterocycles. The normalized spacial score (nSPS) is 8.36. The van der Waals surface area contributed by atoms with Crippen LogP contribution in [-0.4, -0.2) is 43.9 Å². The average molecular weight is 203 g/mol. The summed E-state index contributed by atoms with van der Waals surface area (Å²) in [7, 11) is 0. The fraction of sp³-hybridized carbons (Fsp3) is 1.00. The van der Waals surface area contributed by atoms with E-state index in [1.54, 1.807) is 0 Å². The van der Waals surface area contributed by atoms with Gasteiger partial charge in [-0.25, -0.2) is 0 Å². The molecule has 0 aromatic heterocycles. The van der Waals surface area contributed by atoms with Crippen LogP contribution in [-0.2, 0) is 21.9 Å². The Morgan fingerprint density at radius 2 is 1.36 bits per heavy atom. The van der Waals surface area contributed by atoms with Gasteiger partial charge in [-0.15, -0.1) is 0 Å². The van der Waals surface area contributed by atoms with Gasteiger partial charge in [-0.2, -0.15) is 0 Å². The number of aliphatic hydroxyl groups is 2. The summed E-state index contributed by atoms with van der Waals surface area (Å²) in [5.74, 6) is 0. The van der Waals surface area contributed by atoms with Gasteiger partial charge in [0.05, 0.1) is 13.2 Å². The molecule has 68 valence electrons. The minimum absolute atomic E-state index is 0.139. The van der Waals surface area contributed by atoms with Crippen molar-refractivity contribution in [3.8, 4) is 0 Å². The van der Waals surface area contributed by atoms with Gasteiger partial charge in [0.2, 0.25) is 0 Å². The van der Waals surface area contributed by atoms with Gasteiger partial charge >= 0.3 is 29.3 Å². The first-order valence-corrected chi connectivity index (χ1v) is 5.03. The molecule has 0 radical (unpaired) electrons. The molecule has 0 aromatic carbocycles. The number of aliphatic hydroxyl groups excluding tert-OH is 2. The molecule has 0 aliphatic heterocycles. The number of hydrogen-bond donors (Lipinski definition) is 5. The molecular formula is C4H13NO5Ti. The first kappa shape index (κ1) is 13.9. The summed E-state index contributed by atoms with van der Waals surface area (Å²) in [4.78, 5) is 0. The van der Waals surface area contributed by atoms with Crippen molar-refractivity contribution in [2.24, 2.45) is 0 Å². The minimum atomic E-state index is -3.58. The van der Waals surface area contributed by atoms with E-state index in [4.69, 9.17) is 20.9 Å². The molecule has 0 unspecified atom stereocenters. The van der Waals surface area contributed by atoms with Gasteiger partial charge < -0.3 is 15.5 Å². The average Bonchev–Trinajstić information content (AvgIpc) is 1.88. The van der Waals surface area contributed by atoms with Crippen LogP contribution in [0.1, 0.15) is 0 Å². The van der Waals surface area contributed by atoms with Gasteiger partial charge in [-0.3, -0.25) is 0 Å². The number of nitrogens with one attached hydrogen (secondary N) is 1. The van der Waals surface area contributed by atoms with Gasteiger partial charge in [0.15, 0.2) is 0 Å². The molecule has 0 amide bonds. The number of hydrogen-bond acceptors (Lipinski definition) is 4. The molecule has 7 heteroatoms. The van der Waals surface area contributed by atoms with E-state index >= 15 is 0 Å². The van der Waals surface area contributed by atoms with Crippen molar-refractivity contribution < 1.29 is 39.5 Å². The quantitative estimate of drug-likeness (QED) is 0.251. The van der Waals surface area contributed by atoms with E-state index in [1.807, 2.05) is 0 Å². The van der Waals surface area contributed by atoms with Gasteiger partial charge in [-0.05, 0) is 0 Å². The van der Waals surface area contributed by atoms with E-state index < -0.39 is 18.6 Å². The second-order valence-corrected chi connectivity index (χ2v) is 2.36. The maximum absolute atomic E-state index is 8.81. The molecule has 0 aliphatic carbocycles. The molecular weight excluding hydrogens is 190 g/mol. The van der Waals surface area contributed by atoms with Gasteiger partial charge in [0.25, 0.3) is 0 Å². The molecule has 6 nitrogen and oxygen atoms in total. The van der Waals surface area contributed by atoms with Crippen LogP contribution in [0.4, 0.5) is 0 Å². The van der Waals surface area contributed by atoms with Crippen molar-refractivity contribution in [1.82, 2.24) is 5.32 Å². The van der Waals surface area contributed by atoms with Crippen molar-refractivity contribution in [1.29, 1.82) is 0 Å². The van der Waals surface area contributed by atoms with E-state index in [2.05, 4.69) is 5.32 Å². The summed E-state index contributed by atoms with van der Waals surface area (Å²) in [5.41, 5.74) is 0. The van der Waals surface area contributed by atoms with Gasteiger partial charge in [0, 0.05) is 13.1 Å². The van der Waals surface area contributed by atoms with Crippen LogP contribution in [0.25, 0.3) is 0 Å². The van der Waals surface area contributed by atoms with E-state index in [0.29, 0.717) is 13.1 Å². The van der Waals surface area contributed by atoms with Gasteiger partial charge in [0.1, 0.15) is 0 Å². The molecule has 0 atom stereocenters. The zero-order valence-electron chi connectivity index (χ0n) is 6.03. The number of rotatable bonds is 4. The third-order valence-electron chi connectivity index (χ3n) is 0.577. The van der Waals surface area contributed by atoms with Crippen LogP contribution >= 0.6 is 0 Å². The Hall–Kier alpha value is 0.314. The summed E-state index contributed by atoms with van der Waals surface area (Å²) in [5, 5.41) is 19.1. The molecule has 0 bridgehead atoms. The van der Waals surface area contributed by atoms with E-state index in [1.165, 1.54) is 0 Å². The Labute approximate surface area is 71.6 Å². The van der Waals surface area contributed by atoms with Crippen LogP contribution < -0.4 is 5.32 Å². The molecule has 0 rings (SSSR count). The Bertz CT molecular complexity index is 82.6. The molecule has 0 aliphatic rings. The first-order chi connectivity index (χ1) is 5.15. The standard InChI is InChI=1S/C4H11NO2.2H2O.O.Ti/c6-3-1-5-2-4-7;;;;/h5-7H,1-4H2;2*1H2;;/q;;;;+2/p-2. The summed E-state index contributed by atoms with van der Waals surface area (Å²) >= 11 is -3.58. The SMILES string of the molecule is OCCNCCO.[O]=[Ti]([OH])[OH].